The van der Waals surface area contributed by atoms with Crippen LogP contribution in [0.5, 0.6) is 0 Å². The van der Waals surface area contributed by atoms with Gasteiger partial charge in [-0.25, -0.2) is 0 Å². The molecule has 0 aromatic heterocycles. The molecule has 1 unspecified atom stereocenters. The van der Waals surface area contributed by atoms with Gasteiger partial charge in [0.25, 0.3) is 0 Å². The number of hydrogen-bond acceptors (Lipinski definition) is 3. The summed E-state index contributed by atoms with van der Waals surface area (Å²) in [6.07, 6.45) is 2.95. The Bertz CT molecular complexity index is 490. The highest BCUT2D eigenvalue weighted by Crippen LogP contribution is 2.21. The molecule has 1 aromatic carbocycles. The minimum atomic E-state index is 0.0887. The van der Waals surface area contributed by atoms with Gasteiger partial charge in [0.2, 0.25) is 5.91 Å². The summed E-state index contributed by atoms with van der Waals surface area (Å²) in [5.41, 5.74) is 7.41. The molecule has 1 amide bonds. The predicted molar refractivity (Wildman–Crippen MR) is 96.2 cm³/mol. The summed E-state index contributed by atoms with van der Waals surface area (Å²) in [7, 11) is 0. The summed E-state index contributed by atoms with van der Waals surface area (Å²) in [5.74, 6) is 1.46. The number of likely N-dealkylation sites (tertiary alicyclic amines) is 1. The summed E-state index contributed by atoms with van der Waals surface area (Å²) in [6, 6.07) is 7.95. The largest absolute Gasteiger partial charge is 0.399 e. The highest BCUT2D eigenvalue weighted by atomic mass is 16.1. The number of carbonyl (C=O) groups is 1. The molecule has 1 aliphatic heterocycles. The molecule has 0 bridgehead atoms. The summed E-state index contributed by atoms with van der Waals surface area (Å²) in [5, 5.41) is 3.12. The predicted octanol–water partition coefficient (Wildman–Crippen LogP) is 2.68. The van der Waals surface area contributed by atoms with Crippen LogP contribution in [0.1, 0.15) is 39.2 Å². The van der Waals surface area contributed by atoms with E-state index in [0.29, 0.717) is 18.4 Å². The fourth-order valence-corrected chi connectivity index (χ4v) is 3.25. The molecule has 0 spiro atoms. The summed E-state index contributed by atoms with van der Waals surface area (Å²) in [4.78, 5) is 14.7. The molecule has 0 saturated carbocycles. The van der Waals surface area contributed by atoms with Gasteiger partial charge in [-0.3, -0.25) is 9.69 Å². The molecular formula is C19H31N3O. The molecule has 0 radical (unpaired) electrons. The molecule has 3 N–H and O–H groups in total. The van der Waals surface area contributed by atoms with Gasteiger partial charge in [0.15, 0.2) is 0 Å². The molecular weight excluding hydrogens is 286 g/mol. The Hall–Kier alpha value is -1.55. The second-order valence-corrected chi connectivity index (χ2v) is 7.25. The van der Waals surface area contributed by atoms with E-state index in [9.17, 15) is 4.79 Å². The second-order valence-electron chi connectivity index (χ2n) is 7.25. The molecule has 1 heterocycles. The molecule has 1 aromatic rings. The maximum atomic E-state index is 12.2. The van der Waals surface area contributed by atoms with E-state index < -0.39 is 0 Å². The van der Waals surface area contributed by atoms with E-state index in [0.717, 1.165) is 36.8 Å². The lowest BCUT2D eigenvalue weighted by atomic mass is 9.94. The lowest BCUT2D eigenvalue weighted by Crippen LogP contribution is -2.49. The third-order valence-electron chi connectivity index (χ3n) is 4.91. The Balaban J connectivity index is 1.83. The van der Waals surface area contributed by atoms with E-state index in [1.165, 1.54) is 12.8 Å². The minimum absolute atomic E-state index is 0.0887. The molecule has 4 heteroatoms. The van der Waals surface area contributed by atoms with Gasteiger partial charge >= 0.3 is 0 Å². The van der Waals surface area contributed by atoms with Crippen molar-refractivity contribution >= 4 is 11.6 Å². The van der Waals surface area contributed by atoms with Crippen LogP contribution in [0, 0.1) is 11.8 Å². The second kappa shape index (κ2) is 8.34. The van der Waals surface area contributed by atoms with Gasteiger partial charge in [-0.2, -0.15) is 0 Å². The number of carbonyl (C=O) groups excluding carboxylic acids is 1. The lowest BCUT2D eigenvalue weighted by Gasteiger charge is -2.38. The summed E-state index contributed by atoms with van der Waals surface area (Å²) >= 11 is 0. The summed E-state index contributed by atoms with van der Waals surface area (Å²) < 4.78 is 0. The number of benzene rings is 1. The normalized spacial score (nSPS) is 18.1. The SMILES string of the molecule is CC1CCN(C(CNC(=O)Cc2ccc(N)cc2)C(C)C)CC1. The first-order valence-corrected chi connectivity index (χ1v) is 8.81. The van der Waals surface area contributed by atoms with Gasteiger partial charge in [-0.05, 0) is 55.5 Å². The van der Waals surface area contributed by atoms with Gasteiger partial charge in [0.05, 0.1) is 6.42 Å². The van der Waals surface area contributed by atoms with Crippen molar-refractivity contribution in [2.45, 2.75) is 46.1 Å². The monoisotopic (exact) mass is 317 g/mol. The van der Waals surface area contributed by atoms with Crippen LogP contribution in [0.4, 0.5) is 5.69 Å². The van der Waals surface area contributed by atoms with Crippen molar-refractivity contribution in [3.63, 3.8) is 0 Å². The van der Waals surface area contributed by atoms with Gasteiger partial charge in [-0.15, -0.1) is 0 Å². The molecule has 1 atom stereocenters. The molecule has 1 saturated heterocycles. The zero-order valence-corrected chi connectivity index (χ0v) is 14.7. The van der Waals surface area contributed by atoms with Crippen LogP contribution < -0.4 is 11.1 Å². The Morgan fingerprint density at radius 3 is 2.43 bits per heavy atom. The average molecular weight is 317 g/mol. The maximum Gasteiger partial charge on any atom is 0.224 e. The molecule has 4 nitrogen and oxygen atoms in total. The van der Waals surface area contributed by atoms with E-state index in [1.807, 2.05) is 24.3 Å². The van der Waals surface area contributed by atoms with E-state index in [2.05, 4.69) is 31.0 Å². The van der Waals surface area contributed by atoms with Crippen molar-refractivity contribution in [1.82, 2.24) is 10.2 Å². The highest BCUT2D eigenvalue weighted by molar-refractivity contribution is 5.78. The van der Waals surface area contributed by atoms with E-state index in [1.54, 1.807) is 0 Å². The van der Waals surface area contributed by atoms with Crippen molar-refractivity contribution in [3.8, 4) is 0 Å². The van der Waals surface area contributed by atoms with Gasteiger partial charge < -0.3 is 11.1 Å². The number of nitrogen functional groups attached to an aromatic ring is 1. The van der Waals surface area contributed by atoms with Crippen LogP contribution in [0.25, 0.3) is 0 Å². The van der Waals surface area contributed by atoms with E-state index >= 15 is 0 Å². The first-order chi connectivity index (χ1) is 11.0. The first-order valence-electron chi connectivity index (χ1n) is 8.81. The molecule has 128 valence electrons. The molecule has 2 rings (SSSR count). The van der Waals surface area contributed by atoms with Crippen LogP contribution in [-0.4, -0.2) is 36.5 Å². The van der Waals surface area contributed by atoms with Crippen LogP contribution in [0.3, 0.4) is 0 Å². The van der Waals surface area contributed by atoms with Crippen molar-refractivity contribution in [1.29, 1.82) is 0 Å². The lowest BCUT2D eigenvalue weighted by molar-refractivity contribution is -0.120. The van der Waals surface area contributed by atoms with Crippen LogP contribution in [-0.2, 0) is 11.2 Å². The van der Waals surface area contributed by atoms with Crippen LogP contribution >= 0.6 is 0 Å². The quantitative estimate of drug-likeness (QED) is 0.793. The average Bonchev–Trinajstić information content (AvgIpc) is 2.51. The summed E-state index contributed by atoms with van der Waals surface area (Å²) in [6.45, 7) is 9.86. The Labute approximate surface area is 140 Å². The molecule has 0 aliphatic carbocycles. The fourth-order valence-electron chi connectivity index (χ4n) is 3.25. The van der Waals surface area contributed by atoms with Gasteiger partial charge in [-0.1, -0.05) is 32.9 Å². The van der Waals surface area contributed by atoms with Crippen molar-refractivity contribution < 1.29 is 4.79 Å². The Morgan fingerprint density at radius 1 is 1.26 bits per heavy atom. The Kier molecular flexibility index (Phi) is 6.46. The topological polar surface area (TPSA) is 58.4 Å². The molecule has 1 fully saturated rings. The van der Waals surface area contributed by atoms with Crippen LogP contribution in [0.2, 0.25) is 0 Å². The molecule has 1 aliphatic rings. The first kappa shape index (κ1) is 17.8. The van der Waals surface area contributed by atoms with Crippen LogP contribution in [0.15, 0.2) is 24.3 Å². The zero-order valence-electron chi connectivity index (χ0n) is 14.7. The van der Waals surface area contributed by atoms with Crippen molar-refractivity contribution in [2.24, 2.45) is 11.8 Å². The number of amides is 1. The standard InChI is InChI=1S/C19H31N3O/c1-14(2)18(22-10-8-15(3)9-11-22)13-21-19(23)12-16-4-6-17(20)7-5-16/h4-7,14-15,18H,8-13,20H2,1-3H3,(H,21,23). The number of nitrogens with zero attached hydrogens (tertiary/aromatic N) is 1. The highest BCUT2D eigenvalue weighted by Gasteiger charge is 2.25. The smallest absolute Gasteiger partial charge is 0.224 e. The fraction of sp³-hybridized carbons (Fsp3) is 0.632. The number of piperidine rings is 1. The maximum absolute atomic E-state index is 12.2. The third kappa shape index (κ3) is 5.54. The third-order valence-corrected chi connectivity index (χ3v) is 4.91. The van der Waals surface area contributed by atoms with E-state index in [-0.39, 0.29) is 5.91 Å². The van der Waals surface area contributed by atoms with E-state index in [4.69, 9.17) is 5.73 Å². The van der Waals surface area contributed by atoms with Crippen molar-refractivity contribution in [3.05, 3.63) is 29.8 Å². The number of anilines is 1. The number of nitrogens with one attached hydrogen (secondary N) is 1. The Morgan fingerprint density at radius 2 is 1.87 bits per heavy atom. The zero-order chi connectivity index (χ0) is 16.8. The van der Waals surface area contributed by atoms with Crippen molar-refractivity contribution in [2.75, 3.05) is 25.4 Å². The molecule has 23 heavy (non-hydrogen) atoms. The number of hydrogen-bond donors (Lipinski definition) is 2. The minimum Gasteiger partial charge on any atom is -0.399 e. The number of rotatable bonds is 6. The number of nitrogens with two attached hydrogens (primary N) is 1. The van der Waals surface area contributed by atoms with Gasteiger partial charge in [0, 0.05) is 18.3 Å². The van der Waals surface area contributed by atoms with Gasteiger partial charge in [0.1, 0.15) is 0 Å².